The van der Waals surface area contributed by atoms with Gasteiger partial charge in [-0.2, -0.15) is 0 Å². The maximum absolute atomic E-state index is 12.6. The van der Waals surface area contributed by atoms with Crippen LogP contribution in [0.3, 0.4) is 0 Å². The number of hydrogen-bond donors (Lipinski definition) is 1. The smallest absolute Gasteiger partial charge is 0.262 e. The van der Waals surface area contributed by atoms with Gasteiger partial charge in [0.1, 0.15) is 4.83 Å². The fourth-order valence-electron chi connectivity index (χ4n) is 3.90. The number of amides is 2. The van der Waals surface area contributed by atoms with Gasteiger partial charge in [-0.3, -0.25) is 19.0 Å². The Morgan fingerprint density at radius 1 is 1.10 bits per heavy atom. The van der Waals surface area contributed by atoms with Crippen molar-refractivity contribution < 1.29 is 9.59 Å². The minimum Gasteiger partial charge on any atom is -0.353 e. The Hall–Kier alpha value is -3.00. The topological polar surface area (TPSA) is 84.3 Å². The third kappa shape index (κ3) is 5.38. The fourth-order valence-corrected chi connectivity index (χ4v) is 4.63. The van der Waals surface area contributed by atoms with E-state index in [4.69, 9.17) is 0 Å². The molecule has 0 aliphatic carbocycles. The molecule has 2 amide bonds. The summed E-state index contributed by atoms with van der Waals surface area (Å²) in [6.45, 7) is 1.57. The Balaban J connectivity index is 1.20. The lowest BCUT2D eigenvalue weighted by Crippen LogP contribution is -2.46. The lowest BCUT2D eigenvalue weighted by atomic mass is 10.0. The third-order valence-corrected chi connectivity index (χ3v) is 6.53. The van der Waals surface area contributed by atoms with Gasteiger partial charge in [0.15, 0.2) is 0 Å². The number of rotatable bonds is 7. The van der Waals surface area contributed by atoms with Gasteiger partial charge in [-0.25, -0.2) is 4.98 Å². The van der Waals surface area contributed by atoms with Crippen molar-refractivity contribution in [3.05, 3.63) is 64.0 Å². The largest absolute Gasteiger partial charge is 0.353 e. The summed E-state index contributed by atoms with van der Waals surface area (Å²) in [5.41, 5.74) is 1.06. The second-order valence-corrected chi connectivity index (χ2v) is 8.74. The predicted octanol–water partition coefficient (Wildman–Crippen LogP) is 2.59. The minimum atomic E-state index is -0.101. The van der Waals surface area contributed by atoms with Crippen molar-refractivity contribution in [2.45, 2.75) is 44.7 Å². The van der Waals surface area contributed by atoms with Crippen LogP contribution in [0.4, 0.5) is 0 Å². The molecule has 1 aromatic carbocycles. The van der Waals surface area contributed by atoms with E-state index in [1.165, 1.54) is 22.2 Å². The van der Waals surface area contributed by atoms with Crippen molar-refractivity contribution in [2.24, 2.45) is 0 Å². The summed E-state index contributed by atoms with van der Waals surface area (Å²) in [6.07, 6.45) is 4.50. The number of aryl methyl sites for hydroxylation is 2. The van der Waals surface area contributed by atoms with Crippen molar-refractivity contribution in [3.63, 3.8) is 0 Å². The molecule has 1 saturated heterocycles. The van der Waals surface area contributed by atoms with E-state index >= 15 is 0 Å². The molecule has 1 fully saturated rings. The highest BCUT2D eigenvalue weighted by atomic mass is 32.1. The normalized spacial score (nSPS) is 14.6. The second kappa shape index (κ2) is 9.87. The molecular weight excluding hydrogens is 412 g/mol. The molecule has 0 atom stereocenters. The predicted molar refractivity (Wildman–Crippen MR) is 121 cm³/mol. The number of aromatic nitrogens is 2. The van der Waals surface area contributed by atoms with E-state index in [9.17, 15) is 14.4 Å². The summed E-state index contributed by atoms with van der Waals surface area (Å²) in [4.78, 5) is 44.1. The molecule has 162 valence electrons. The zero-order valence-corrected chi connectivity index (χ0v) is 18.1. The molecule has 31 heavy (non-hydrogen) atoms. The summed E-state index contributed by atoms with van der Waals surface area (Å²) < 4.78 is 1.51. The lowest BCUT2D eigenvalue weighted by molar-refractivity contribution is -0.132. The van der Waals surface area contributed by atoms with E-state index in [1.54, 1.807) is 6.07 Å². The van der Waals surface area contributed by atoms with Crippen LogP contribution in [0.25, 0.3) is 10.2 Å². The van der Waals surface area contributed by atoms with E-state index in [0.29, 0.717) is 31.4 Å². The number of likely N-dealkylation sites (tertiary alicyclic amines) is 1. The van der Waals surface area contributed by atoms with Gasteiger partial charge >= 0.3 is 0 Å². The molecule has 0 saturated carbocycles. The van der Waals surface area contributed by atoms with Crippen LogP contribution in [0, 0.1) is 0 Å². The minimum absolute atomic E-state index is 0.0335. The van der Waals surface area contributed by atoms with Crippen LogP contribution in [0.1, 0.15) is 31.2 Å². The number of fused-ring (bicyclic) bond motifs is 1. The number of piperidine rings is 1. The van der Waals surface area contributed by atoms with Gasteiger partial charge in [0, 0.05) is 38.5 Å². The van der Waals surface area contributed by atoms with Gasteiger partial charge in [-0.1, -0.05) is 30.3 Å². The molecular formula is C23H26N4O3S. The third-order valence-electron chi connectivity index (χ3n) is 5.71. The zero-order valence-electron chi connectivity index (χ0n) is 17.3. The zero-order chi connectivity index (χ0) is 21.6. The van der Waals surface area contributed by atoms with Gasteiger partial charge in [0.05, 0.1) is 11.7 Å². The van der Waals surface area contributed by atoms with E-state index in [2.05, 4.69) is 10.3 Å². The van der Waals surface area contributed by atoms with Gasteiger partial charge in [0.2, 0.25) is 11.8 Å². The molecule has 8 heteroatoms. The Kier molecular flexibility index (Phi) is 6.76. The quantitative estimate of drug-likeness (QED) is 0.615. The molecule has 3 heterocycles. The number of carbonyl (C=O) groups excluding carboxylic acids is 2. The van der Waals surface area contributed by atoms with Crippen LogP contribution in [0.5, 0.6) is 0 Å². The average molecular weight is 439 g/mol. The molecule has 7 nitrogen and oxygen atoms in total. The first-order valence-corrected chi connectivity index (χ1v) is 11.5. The summed E-state index contributed by atoms with van der Waals surface area (Å²) in [6, 6.07) is 11.9. The van der Waals surface area contributed by atoms with Crippen LogP contribution < -0.4 is 10.9 Å². The first-order valence-electron chi connectivity index (χ1n) is 10.6. The number of hydrogen-bond acceptors (Lipinski definition) is 5. The molecule has 1 aliphatic rings. The number of nitrogens with zero attached hydrogens (tertiary/aromatic N) is 3. The van der Waals surface area contributed by atoms with Crippen molar-refractivity contribution in [3.8, 4) is 0 Å². The van der Waals surface area contributed by atoms with Crippen molar-refractivity contribution in [1.82, 2.24) is 19.8 Å². The lowest BCUT2D eigenvalue weighted by Gasteiger charge is -2.32. The summed E-state index contributed by atoms with van der Waals surface area (Å²) in [7, 11) is 0. The van der Waals surface area contributed by atoms with Crippen molar-refractivity contribution in [2.75, 3.05) is 13.1 Å². The van der Waals surface area contributed by atoms with E-state index < -0.39 is 0 Å². The highest BCUT2D eigenvalue weighted by Gasteiger charge is 2.23. The Morgan fingerprint density at radius 3 is 2.65 bits per heavy atom. The summed E-state index contributed by atoms with van der Waals surface area (Å²) in [5, 5.41) is 5.55. The maximum Gasteiger partial charge on any atom is 0.262 e. The number of nitrogens with one attached hydrogen (secondary N) is 1. The van der Waals surface area contributed by atoms with E-state index in [-0.39, 0.29) is 29.8 Å². The molecule has 4 rings (SSSR count). The average Bonchev–Trinajstić information content (AvgIpc) is 3.28. The number of benzene rings is 1. The number of carbonyl (C=O) groups is 2. The van der Waals surface area contributed by atoms with Crippen LogP contribution in [0.2, 0.25) is 0 Å². The molecule has 0 bridgehead atoms. The molecule has 0 spiro atoms. The maximum atomic E-state index is 12.6. The first-order chi connectivity index (χ1) is 15.1. The fraction of sp³-hybridized carbons (Fsp3) is 0.391. The molecule has 2 aromatic heterocycles. The molecule has 1 N–H and O–H groups in total. The first kappa shape index (κ1) is 21.2. The monoisotopic (exact) mass is 438 g/mol. The van der Waals surface area contributed by atoms with E-state index in [0.717, 1.165) is 29.7 Å². The second-order valence-electron chi connectivity index (χ2n) is 7.84. The van der Waals surface area contributed by atoms with E-state index in [1.807, 2.05) is 40.6 Å². The van der Waals surface area contributed by atoms with Crippen LogP contribution in [0.15, 0.2) is 52.9 Å². The Morgan fingerprint density at radius 2 is 1.87 bits per heavy atom. The van der Waals surface area contributed by atoms with Crippen LogP contribution in [-0.4, -0.2) is 45.4 Å². The summed E-state index contributed by atoms with van der Waals surface area (Å²) in [5.74, 6) is 0.0931. The Labute approximate surface area is 184 Å². The van der Waals surface area contributed by atoms with Gasteiger partial charge in [0.25, 0.3) is 5.56 Å². The van der Waals surface area contributed by atoms with Crippen molar-refractivity contribution >= 4 is 33.4 Å². The highest BCUT2D eigenvalue weighted by Crippen LogP contribution is 2.15. The highest BCUT2D eigenvalue weighted by molar-refractivity contribution is 7.16. The number of thiophene rings is 1. The van der Waals surface area contributed by atoms with Gasteiger partial charge < -0.3 is 10.2 Å². The van der Waals surface area contributed by atoms with Crippen molar-refractivity contribution in [1.29, 1.82) is 0 Å². The standard InChI is InChI=1S/C23H26N4O3S/c28-20(7-6-17-4-2-1-3-5-17)25-18-8-12-26(13-9-18)21(29)10-14-27-16-24-22-19(23(27)30)11-15-31-22/h1-5,11,15-16,18H,6-10,12-14H2,(H,25,28). The Bertz CT molecular complexity index is 1100. The molecule has 0 radical (unpaired) electrons. The van der Waals surface area contributed by atoms with Crippen LogP contribution in [-0.2, 0) is 22.6 Å². The molecule has 1 aliphatic heterocycles. The van der Waals surface area contributed by atoms with Gasteiger partial charge in [-0.15, -0.1) is 11.3 Å². The van der Waals surface area contributed by atoms with Crippen LogP contribution >= 0.6 is 11.3 Å². The summed E-state index contributed by atoms with van der Waals surface area (Å²) >= 11 is 1.43. The van der Waals surface area contributed by atoms with Gasteiger partial charge in [-0.05, 0) is 36.3 Å². The SMILES string of the molecule is O=C(CCc1ccccc1)NC1CCN(C(=O)CCn2cnc3sccc3c2=O)CC1. The molecule has 0 unspecified atom stereocenters. The molecule has 3 aromatic rings.